The average Bonchev–Trinajstić information content (AvgIpc) is 2.68. The van der Waals surface area contributed by atoms with E-state index in [2.05, 4.69) is 15.5 Å². The Labute approximate surface area is 147 Å². The van der Waals surface area contributed by atoms with E-state index in [4.69, 9.17) is 9.47 Å². The van der Waals surface area contributed by atoms with E-state index in [-0.39, 0.29) is 11.9 Å². The Bertz CT molecular complexity index is 718. The van der Waals surface area contributed by atoms with Crippen molar-refractivity contribution in [2.45, 2.75) is 6.04 Å². The second kappa shape index (κ2) is 7.90. The van der Waals surface area contributed by atoms with Crippen LogP contribution in [0.25, 0.3) is 0 Å². The lowest BCUT2D eigenvalue weighted by Gasteiger charge is -2.34. The van der Waals surface area contributed by atoms with Crippen molar-refractivity contribution in [3.05, 3.63) is 48.5 Å². The van der Waals surface area contributed by atoms with Crippen LogP contribution in [0.5, 0.6) is 11.5 Å². The molecule has 6 nitrogen and oxygen atoms in total. The summed E-state index contributed by atoms with van der Waals surface area (Å²) in [4.78, 5) is 14.8. The van der Waals surface area contributed by atoms with E-state index in [1.54, 1.807) is 14.2 Å². The molecule has 0 aromatic heterocycles. The van der Waals surface area contributed by atoms with Gasteiger partial charge in [-0.3, -0.25) is 4.79 Å². The van der Waals surface area contributed by atoms with Crippen molar-refractivity contribution in [2.75, 3.05) is 44.1 Å². The van der Waals surface area contributed by atoms with E-state index in [1.165, 1.54) is 0 Å². The van der Waals surface area contributed by atoms with Crippen molar-refractivity contribution < 1.29 is 14.3 Å². The fourth-order valence-corrected chi connectivity index (χ4v) is 2.92. The topological polar surface area (TPSA) is 62.8 Å². The highest BCUT2D eigenvalue weighted by molar-refractivity contribution is 5.96. The monoisotopic (exact) mass is 341 g/mol. The van der Waals surface area contributed by atoms with E-state index in [0.717, 1.165) is 24.5 Å². The number of benzene rings is 2. The minimum absolute atomic E-state index is 0.0669. The number of methoxy groups -OCH3 is 2. The predicted molar refractivity (Wildman–Crippen MR) is 98.6 cm³/mol. The summed E-state index contributed by atoms with van der Waals surface area (Å²) in [5.41, 5.74) is 1.76. The van der Waals surface area contributed by atoms with Crippen molar-refractivity contribution in [1.29, 1.82) is 0 Å². The van der Waals surface area contributed by atoms with Gasteiger partial charge in [0.05, 0.1) is 19.9 Å². The van der Waals surface area contributed by atoms with Crippen LogP contribution < -0.4 is 25.0 Å². The summed E-state index contributed by atoms with van der Waals surface area (Å²) >= 11 is 0. The van der Waals surface area contributed by atoms with Crippen LogP contribution in [0.15, 0.2) is 48.5 Å². The summed E-state index contributed by atoms with van der Waals surface area (Å²) in [7, 11) is 3.24. The molecule has 2 aromatic rings. The number of piperazine rings is 1. The molecule has 132 valence electrons. The summed E-state index contributed by atoms with van der Waals surface area (Å²) in [6, 6.07) is 15.0. The van der Waals surface area contributed by atoms with Gasteiger partial charge in [-0.2, -0.15) is 0 Å². The van der Waals surface area contributed by atoms with Crippen LogP contribution in [-0.4, -0.2) is 45.8 Å². The molecule has 6 heteroatoms. The summed E-state index contributed by atoms with van der Waals surface area (Å²) in [5, 5.41) is 6.23. The van der Waals surface area contributed by atoms with Crippen molar-refractivity contribution in [1.82, 2.24) is 5.32 Å². The first-order chi connectivity index (χ1) is 12.2. The molecule has 0 spiro atoms. The second-order valence-electron chi connectivity index (χ2n) is 5.84. The first-order valence-corrected chi connectivity index (χ1v) is 8.27. The fourth-order valence-electron chi connectivity index (χ4n) is 2.92. The number of nitrogens with zero attached hydrogens (tertiary/aromatic N) is 1. The van der Waals surface area contributed by atoms with E-state index >= 15 is 0 Å². The van der Waals surface area contributed by atoms with E-state index in [1.807, 2.05) is 48.5 Å². The molecule has 1 amide bonds. The van der Waals surface area contributed by atoms with Gasteiger partial charge in [0.2, 0.25) is 5.91 Å². The molecule has 0 bridgehead atoms. The zero-order valence-corrected chi connectivity index (χ0v) is 14.5. The minimum atomic E-state index is -0.291. The number of nitrogens with one attached hydrogen (secondary N) is 2. The Morgan fingerprint density at radius 1 is 1.12 bits per heavy atom. The van der Waals surface area contributed by atoms with Gasteiger partial charge in [-0.05, 0) is 36.4 Å². The quantitative estimate of drug-likeness (QED) is 0.872. The third-order valence-electron chi connectivity index (χ3n) is 4.29. The Hall–Kier alpha value is -2.73. The van der Waals surface area contributed by atoms with Gasteiger partial charge in [0.1, 0.15) is 17.5 Å². The third kappa shape index (κ3) is 4.03. The first-order valence-electron chi connectivity index (χ1n) is 8.27. The molecule has 0 radical (unpaired) electrons. The zero-order chi connectivity index (χ0) is 17.6. The van der Waals surface area contributed by atoms with Crippen LogP contribution in [0, 0.1) is 0 Å². The lowest BCUT2D eigenvalue weighted by atomic mass is 10.1. The molecule has 25 heavy (non-hydrogen) atoms. The second-order valence-corrected chi connectivity index (χ2v) is 5.84. The Morgan fingerprint density at radius 3 is 2.60 bits per heavy atom. The van der Waals surface area contributed by atoms with Crippen LogP contribution >= 0.6 is 0 Å². The smallest absolute Gasteiger partial charge is 0.243 e. The molecule has 0 unspecified atom stereocenters. The molecule has 1 heterocycles. The number of anilines is 2. The van der Waals surface area contributed by atoms with Crippen LogP contribution in [0.3, 0.4) is 0 Å². The van der Waals surface area contributed by atoms with Gasteiger partial charge in [0.15, 0.2) is 0 Å². The van der Waals surface area contributed by atoms with E-state index < -0.39 is 0 Å². The normalized spacial score (nSPS) is 17.0. The van der Waals surface area contributed by atoms with E-state index in [0.29, 0.717) is 18.0 Å². The van der Waals surface area contributed by atoms with Crippen LogP contribution in [0.1, 0.15) is 0 Å². The zero-order valence-electron chi connectivity index (χ0n) is 14.5. The maximum atomic E-state index is 12.6. The maximum Gasteiger partial charge on any atom is 0.243 e. The Kier molecular flexibility index (Phi) is 5.40. The van der Waals surface area contributed by atoms with Gasteiger partial charge in [-0.15, -0.1) is 0 Å². The number of carbonyl (C=O) groups excluding carboxylic acids is 1. The average molecular weight is 341 g/mol. The number of hydrogen-bond donors (Lipinski definition) is 2. The van der Waals surface area contributed by atoms with Gasteiger partial charge in [0.25, 0.3) is 0 Å². The largest absolute Gasteiger partial charge is 0.497 e. The highest BCUT2D eigenvalue weighted by Crippen LogP contribution is 2.24. The van der Waals surface area contributed by atoms with Gasteiger partial charge in [-0.25, -0.2) is 0 Å². The van der Waals surface area contributed by atoms with Gasteiger partial charge < -0.3 is 25.0 Å². The number of para-hydroxylation sites is 2. The molecule has 0 saturated carbocycles. The van der Waals surface area contributed by atoms with Gasteiger partial charge >= 0.3 is 0 Å². The minimum Gasteiger partial charge on any atom is -0.497 e. The first kappa shape index (κ1) is 17.1. The predicted octanol–water partition coefficient (Wildman–Crippen LogP) is 2.12. The molecule has 0 aliphatic carbocycles. The standard InChI is InChI=1S/C19H23N3O3/c1-24-15-9-7-14(8-10-15)22-12-11-20-17(13-22)19(23)21-16-5-3-4-6-18(16)25-2/h3-10,17,20H,11-13H2,1-2H3,(H,21,23)/t17-/m1/s1. The summed E-state index contributed by atoms with van der Waals surface area (Å²) in [5.74, 6) is 1.41. The fraction of sp³-hybridized carbons (Fsp3) is 0.316. The molecule has 2 aromatic carbocycles. The lowest BCUT2D eigenvalue weighted by Crippen LogP contribution is -2.55. The van der Waals surface area contributed by atoms with Crippen molar-refractivity contribution in [3.63, 3.8) is 0 Å². The molecule has 1 aliphatic rings. The lowest BCUT2D eigenvalue weighted by molar-refractivity contribution is -0.118. The van der Waals surface area contributed by atoms with Crippen molar-refractivity contribution in [2.24, 2.45) is 0 Å². The Balaban J connectivity index is 1.66. The molecular weight excluding hydrogens is 318 g/mol. The number of rotatable bonds is 5. The number of amides is 1. The molecule has 3 rings (SSSR count). The summed E-state index contributed by atoms with van der Waals surface area (Å²) in [6.45, 7) is 2.20. The highest BCUT2D eigenvalue weighted by atomic mass is 16.5. The van der Waals surface area contributed by atoms with Crippen LogP contribution in [0.4, 0.5) is 11.4 Å². The summed E-state index contributed by atoms with van der Waals surface area (Å²) in [6.07, 6.45) is 0. The highest BCUT2D eigenvalue weighted by Gasteiger charge is 2.26. The number of ether oxygens (including phenoxy) is 2. The maximum absolute atomic E-state index is 12.6. The number of hydrogen-bond acceptors (Lipinski definition) is 5. The molecular formula is C19H23N3O3. The van der Waals surface area contributed by atoms with Crippen molar-refractivity contribution in [3.8, 4) is 11.5 Å². The van der Waals surface area contributed by atoms with Crippen molar-refractivity contribution >= 4 is 17.3 Å². The molecule has 1 saturated heterocycles. The van der Waals surface area contributed by atoms with Gasteiger partial charge in [0, 0.05) is 25.3 Å². The third-order valence-corrected chi connectivity index (χ3v) is 4.29. The van der Waals surface area contributed by atoms with E-state index in [9.17, 15) is 4.79 Å². The van der Waals surface area contributed by atoms with Crippen LogP contribution in [0.2, 0.25) is 0 Å². The van der Waals surface area contributed by atoms with Gasteiger partial charge in [-0.1, -0.05) is 12.1 Å². The summed E-state index contributed by atoms with van der Waals surface area (Å²) < 4.78 is 10.5. The van der Waals surface area contributed by atoms with Crippen LogP contribution in [-0.2, 0) is 4.79 Å². The molecule has 2 N–H and O–H groups in total. The SMILES string of the molecule is COc1ccc(N2CCN[C@@H](C(=O)Nc3ccccc3OC)C2)cc1. The Morgan fingerprint density at radius 2 is 1.88 bits per heavy atom. The number of carbonyl (C=O) groups is 1. The molecule has 1 aliphatic heterocycles. The molecule has 1 atom stereocenters. The molecule has 1 fully saturated rings.